The summed E-state index contributed by atoms with van der Waals surface area (Å²) in [5, 5.41) is 5.73. The molecule has 1 N–H and O–H groups in total. The fourth-order valence-corrected chi connectivity index (χ4v) is 2.65. The molecule has 0 saturated heterocycles. The Labute approximate surface area is 113 Å². The number of nitrogens with zero attached hydrogens (tertiary/aromatic N) is 1. The fraction of sp³-hybridized carbons (Fsp3) is 0.308. The summed E-state index contributed by atoms with van der Waals surface area (Å²) in [6, 6.07) is 1.72. The summed E-state index contributed by atoms with van der Waals surface area (Å²) in [6.45, 7) is 1.88. The normalized spacial score (nSPS) is 12.7. The van der Waals surface area contributed by atoms with Gasteiger partial charge in [0.05, 0.1) is 5.01 Å². The van der Waals surface area contributed by atoms with E-state index in [0.717, 1.165) is 22.8 Å². The first-order valence-electron chi connectivity index (χ1n) is 5.74. The number of likely N-dealkylation sites (N-methyl/N-ethyl adjacent to an activating group) is 1. The molecule has 0 radical (unpaired) electrons. The van der Waals surface area contributed by atoms with Crippen molar-refractivity contribution < 1.29 is 13.2 Å². The molecule has 1 aromatic heterocycles. The van der Waals surface area contributed by atoms with Crippen molar-refractivity contribution in [1.29, 1.82) is 0 Å². The van der Waals surface area contributed by atoms with Gasteiger partial charge in [0.15, 0.2) is 17.5 Å². The van der Waals surface area contributed by atoms with Crippen molar-refractivity contribution in [3.05, 3.63) is 51.2 Å². The molecule has 0 aliphatic rings. The average molecular weight is 286 g/mol. The molecule has 0 saturated carbocycles. The molecule has 0 aliphatic heterocycles. The number of benzene rings is 1. The lowest BCUT2D eigenvalue weighted by Crippen LogP contribution is -2.19. The van der Waals surface area contributed by atoms with Gasteiger partial charge in [0.2, 0.25) is 0 Å². The zero-order chi connectivity index (χ0) is 14.0. The number of rotatable bonds is 4. The van der Waals surface area contributed by atoms with E-state index in [-0.39, 0.29) is 6.04 Å². The highest BCUT2D eigenvalue weighted by molar-refractivity contribution is 7.09. The molecule has 1 atom stereocenters. The van der Waals surface area contributed by atoms with Crippen LogP contribution in [0.2, 0.25) is 0 Å². The molecule has 0 fully saturated rings. The Balaban J connectivity index is 2.27. The van der Waals surface area contributed by atoms with Crippen molar-refractivity contribution in [2.75, 3.05) is 7.05 Å². The predicted molar refractivity (Wildman–Crippen MR) is 68.7 cm³/mol. The predicted octanol–water partition coefficient (Wildman–Crippen LogP) is 3.37. The number of aryl methyl sites for hydroxylation is 1. The number of hydrogen-bond acceptors (Lipinski definition) is 3. The minimum Gasteiger partial charge on any atom is -0.313 e. The van der Waals surface area contributed by atoms with Gasteiger partial charge in [0.25, 0.3) is 0 Å². The monoisotopic (exact) mass is 286 g/mol. The van der Waals surface area contributed by atoms with Crippen LogP contribution in [0.1, 0.15) is 22.3 Å². The first-order valence-corrected chi connectivity index (χ1v) is 6.62. The molecule has 1 unspecified atom stereocenters. The van der Waals surface area contributed by atoms with Gasteiger partial charge >= 0.3 is 0 Å². The van der Waals surface area contributed by atoms with Crippen LogP contribution in [0.5, 0.6) is 0 Å². The molecule has 102 valence electrons. The highest BCUT2D eigenvalue weighted by Crippen LogP contribution is 2.23. The molecular weight excluding hydrogens is 273 g/mol. The lowest BCUT2D eigenvalue weighted by Gasteiger charge is -2.15. The van der Waals surface area contributed by atoms with E-state index in [1.54, 1.807) is 7.05 Å². The van der Waals surface area contributed by atoms with E-state index in [4.69, 9.17) is 0 Å². The average Bonchev–Trinajstić information content (AvgIpc) is 2.78. The summed E-state index contributed by atoms with van der Waals surface area (Å²) in [7, 11) is 1.68. The van der Waals surface area contributed by atoms with E-state index in [1.165, 1.54) is 11.3 Å². The van der Waals surface area contributed by atoms with Crippen molar-refractivity contribution in [1.82, 2.24) is 10.3 Å². The number of aromatic nitrogens is 1. The summed E-state index contributed by atoms with van der Waals surface area (Å²) < 4.78 is 39.4. The molecule has 19 heavy (non-hydrogen) atoms. The van der Waals surface area contributed by atoms with Crippen molar-refractivity contribution in [2.24, 2.45) is 0 Å². The van der Waals surface area contributed by atoms with Gasteiger partial charge in [0, 0.05) is 23.5 Å². The molecule has 1 heterocycles. The van der Waals surface area contributed by atoms with Crippen molar-refractivity contribution in [2.45, 2.75) is 19.4 Å². The van der Waals surface area contributed by atoms with Crippen LogP contribution in [-0.4, -0.2) is 12.0 Å². The quantitative estimate of drug-likeness (QED) is 0.872. The van der Waals surface area contributed by atoms with E-state index in [2.05, 4.69) is 10.3 Å². The van der Waals surface area contributed by atoms with Crippen LogP contribution in [0, 0.1) is 24.4 Å². The molecule has 0 spiro atoms. The minimum atomic E-state index is -1.44. The Kier molecular flexibility index (Phi) is 4.21. The Hall–Kier alpha value is -1.40. The number of halogens is 3. The topological polar surface area (TPSA) is 24.9 Å². The zero-order valence-electron chi connectivity index (χ0n) is 10.5. The second-order valence-electron chi connectivity index (χ2n) is 4.23. The largest absolute Gasteiger partial charge is 0.313 e. The van der Waals surface area contributed by atoms with Gasteiger partial charge in [-0.25, -0.2) is 18.2 Å². The van der Waals surface area contributed by atoms with Crippen molar-refractivity contribution in [3.8, 4) is 0 Å². The van der Waals surface area contributed by atoms with Gasteiger partial charge in [-0.2, -0.15) is 0 Å². The van der Waals surface area contributed by atoms with Gasteiger partial charge in [-0.05, 0) is 31.7 Å². The van der Waals surface area contributed by atoms with Crippen LogP contribution < -0.4 is 5.32 Å². The van der Waals surface area contributed by atoms with Crippen LogP contribution >= 0.6 is 11.3 Å². The number of thiazole rings is 1. The summed E-state index contributed by atoms with van der Waals surface area (Å²) in [4.78, 5) is 4.30. The first-order chi connectivity index (χ1) is 9.01. The molecule has 2 aromatic rings. The smallest absolute Gasteiger partial charge is 0.194 e. The molecule has 0 aliphatic carbocycles. The number of hydrogen-bond donors (Lipinski definition) is 1. The van der Waals surface area contributed by atoms with Crippen LogP contribution in [0.15, 0.2) is 17.5 Å². The molecule has 0 bridgehead atoms. The van der Waals surface area contributed by atoms with Gasteiger partial charge < -0.3 is 5.32 Å². The minimum absolute atomic E-state index is 0.310. The third kappa shape index (κ3) is 3.13. The van der Waals surface area contributed by atoms with E-state index in [9.17, 15) is 13.2 Å². The SMILES string of the molecule is CNC(Cc1nc(C)cs1)c1cc(F)c(F)c(F)c1. The zero-order valence-corrected chi connectivity index (χ0v) is 11.3. The second kappa shape index (κ2) is 5.71. The maximum atomic E-state index is 13.2. The lowest BCUT2D eigenvalue weighted by atomic mass is 10.0. The van der Waals surface area contributed by atoms with E-state index >= 15 is 0 Å². The van der Waals surface area contributed by atoms with Gasteiger partial charge in [0.1, 0.15) is 0 Å². The summed E-state index contributed by atoms with van der Waals surface area (Å²) >= 11 is 1.49. The maximum Gasteiger partial charge on any atom is 0.194 e. The Morgan fingerprint density at radius 1 is 1.26 bits per heavy atom. The van der Waals surface area contributed by atoms with E-state index < -0.39 is 17.5 Å². The highest BCUT2D eigenvalue weighted by atomic mass is 32.1. The van der Waals surface area contributed by atoms with E-state index in [0.29, 0.717) is 12.0 Å². The molecule has 1 aromatic carbocycles. The second-order valence-corrected chi connectivity index (χ2v) is 5.17. The number of nitrogens with one attached hydrogen (secondary N) is 1. The third-order valence-electron chi connectivity index (χ3n) is 2.80. The van der Waals surface area contributed by atoms with Crippen molar-refractivity contribution >= 4 is 11.3 Å². The summed E-state index contributed by atoms with van der Waals surface area (Å²) in [6.07, 6.45) is 0.500. The Morgan fingerprint density at radius 3 is 2.37 bits per heavy atom. The van der Waals surface area contributed by atoms with E-state index in [1.807, 2.05) is 12.3 Å². The van der Waals surface area contributed by atoms with Crippen LogP contribution in [-0.2, 0) is 6.42 Å². The molecule has 2 rings (SSSR count). The molecule has 2 nitrogen and oxygen atoms in total. The first kappa shape index (κ1) is 14.0. The lowest BCUT2D eigenvalue weighted by molar-refractivity contribution is 0.441. The summed E-state index contributed by atoms with van der Waals surface area (Å²) in [5.41, 5.74) is 1.28. The standard InChI is InChI=1S/C13H13F3N2S/c1-7-6-19-12(18-7)5-11(17-2)8-3-9(14)13(16)10(15)4-8/h3-4,6,11,17H,5H2,1-2H3. The third-order valence-corrected chi connectivity index (χ3v) is 3.79. The van der Waals surface area contributed by atoms with Gasteiger partial charge in [-0.3, -0.25) is 0 Å². The van der Waals surface area contributed by atoms with Crippen LogP contribution in [0.3, 0.4) is 0 Å². The fourth-order valence-electron chi connectivity index (χ4n) is 1.83. The van der Waals surface area contributed by atoms with Crippen LogP contribution in [0.25, 0.3) is 0 Å². The Bertz CT molecular complexity index is 560. The summed E-state index contributed by atoms with van der Waals surface area (Å²) in [5.74, 6) is -3.79. The maximum absolute atomic E-state index is 13.2. The molecule has 6 heteroatoms. The van der Waals surface area contributed by atoms with Crippen molar-refractivity contribution in [3.63, 3.8) is 0 Å². The van der Waals surface area contributed by atoms with Gasteiger partial charge in [-0.15, -0.1) is 11.3 Å². The van der Waals surface area contributed by atoms with Crippen LogP contribution in [0.4, 0.5) is 13.2 Å². The Morgan fingerprint density at radius 2 is 1.89 bits per heavy atom. The van der Waals surface area contributed by atoms with Gasteiger partial charge in [-0.1, -0.05) is 0 Å². The molecule has 0 amide bonds. The molecular formula is C13H13F3N2S. The highest BCUT2D eigenvalue weighted by Gasteiger charge is 2.17.